The zero-order valence-electron chi connectivity index (χ0n) is 10.5. The second-order valence-corrected chi connectivity index (χ2v) is 5.64. The Morgan fingerprint density at radius 1 is 1.25 bits per heavy atom. The van der Waals surface area contributed by atoms with E-state index in [-0.39, 0.29) is 0 Å². The summed E-state index contributed by atoms with van der Waals surface area (Å²) < 4.78 is 0. The molecular weight excluding hydrogens is 294 g/mol. The van der Waals surface area contributed by atoms with Crippen molar-refractivity contribution in [3.63, 3.8) is 0 Å². The molecule has 20 heavy (non-hydrogen) atoms. The number of halogens is 1. The van der Waals surface area contributed by atoms with Crippen LogP contribution in [0.4, 0.5) is 0 Å². The first-order valence-corrected chi connectivity index (χ1v) is 7.28. The highest BCUT2D eigenvalue weighted by atomic mass is 35.5. The van der Waals surface area contributed by atoms with E-state index in [1.54, 1.807) is 6.33 Å². The van der Waals surface area contributed by atoms with Crippen molar-refractivity contribution < 1.29 is 0 Å². The van der Waals surface area contributed by atoms with Crippen molar-refractivity contribution in [1.29, 1.82) is 0 Å². The van der Waals surface area contributed by atoms with Crippen LogP contribution < -0.4 is 5.73 Å². The molecule has 0 fully saturated rings. The first-order chi connectivity index (χ1) is 9.78. The predicted molar refractivity (Wildman–Crippen MR) is 80.0 cm³/mol. The van der Waals surface area contributed by atoms with Crippen LogP contribution in [-0.2, 0) is 6.42 Å². The Morgan fingerprint density at radius 3 is 2.95 bits per heavy atom. The van der Waals surface area contributed by atoms with Crippen LogP contribution in [0.3, 0.4) is 0 Å². The van der Waals surface area contributed by atoms with Crippen molar-refractivity contribution in [2.45, 2.75) is 16.3 Å². The third kappa shape index (κ3) is 2.63. The summed E-state index contributed by atoms with van der Waals surface area (Å²) in [7, 11) is 0. The van der Waals surface area contributed by atoms with E-state index >= 15 is 0 Å². The number of benzene rings is 1. The fourth-order valence-corrected chi connectivity index (χ4v) is 3.11. The third-order valence-corrected chi connectivity index (χ3v) is 4.19. The predicted octanol–water partition coefficient (Wildman–Crippen LogP) is 2.66. The highest BCUT2D eigenvalue weighted by molar-refractivity contribution is 7.99. The molecular formula is C13H12ClN5S. The van der Waals surface area contributed by atoms with Crippen molar-refractivity contribution >= 4 is 34.5 Å². The van der Waals surface area contributed by atoms with Crippen molar-refractivity contribution in [3.05, 3.63) is 41.4 Å². The molecule has 0 saturated carbocycles. The maximum absolute atomic E-state index is 6.25. The summed E-state index contributed by atoms with van der Waals surface area (Å²) in [6.07, 6.45) is 3.90. The molecule has 3 rings (SSSR count). The summed E-state index contributed by atoms with van der Waals surface area (Å²) in [5, 5.41) is 1.56. The number of fused-ring (bicyclic) bond motifs is 1. The van der Waals surface area contributed by atoms with Gasteiger partial charge in [-0.05, 0) is 30.7 Å². The van der Waals surface area contributed by atoms with Crippen LogP contribution in [0.1, 0.15) is 5.56 Å². The molecule has 102 valence electrons. The number of aromatic amines is 1. The molecule has 0 unspecified atom stereocenters. The van der Waals surface area contributed by atoms with Gasteiger partial charge in [-0.1, -0.05) is 29.4 Å². The Labute approximate surface area is 125 Å². The number of rotatable bonds is 4. The van der Waals surface area contributed by atoms with E-state index in [4.69, 9.17) is 17.3 Å². The van der Waals surface area contributed by atoms with Gasteiger partial charge in [-0.2, -0.15) is 0 Å². The molecule has 0 amide bonds. The van der Waals surface area contributed by atoms with E-state index in [1.807, 2.05) is 18.2 Å². The van der Waals surface area contributed by atoms with Crippen molar-refractivity contribution in [2.75, 3.05) is 6.54 Å². The van der Waals surface area contributed by atoms with Crippen LogP contribution >= 0.6 is 23.4 Å². The lowest BCUT2D eigenvalue weighted by Crippen LogP contribution is -2.03. The monoisotopic (exact) mass is 305 g/mol. The van der Waals surface area contributed by atoms with Gasteiger partial charge < -0.3 is 10.7 Å². The average molecular weight is 306 g/mol. The lowest BCUT2D eigenvalue weighted by Gasteiger charge is -2.06. The van der Waals surface area contributed by atoms with Crippen LogP contribution in [-0.4, -0.2) is 26.5 Å². The quantitative estimate of drug-likeness (QED) is 0.724. The normalized spacial score (nSPS) is 11.1. The van der Waals surface area contributed by atoms with Gasteiger partial charge in [-0.15, -0.1) is 0 Å². The standard InChI is InChI=1S/C13H12ClN5S/c14-10-5-9(2-1-8(10)3-4-15)20-13-11-12(17-6-16-11)18-7-19-13/h1-2,5-7H,3-4,15H2,(H,16,17,18,19). The maximum atomic E-state index is 6.25. The van der Waals surface area contributed by atoms with E-state index in [0.717, 1.165) is 32.4 Å². The van der Waals surface area contributed by atoms with Crippen LogP contribution in [0.2, 0.25) is 5.02 Å². The van der Waals surface area contributed by atoms with E-state index in [9.17, 15) is 0 Å². The molecule has 2 heterocycles. The number of aromatic nitrogens is 4. The van der Waals surface area contributed by atoms with Crippen LogP contribution in [0.5, 0.6) is 0 Å². The van der Waals surface area contributed by atoms with Crippen LogP contribution in [0.25, 0.3) is 11.2 Å². The molecule has 0 radical (unpaired) electrons. The second kappa shape index (κ2) is 5.78. The number of H-pyrrole nitrogens is 1. The van der Waals surface area contributed by atoms with Gasteiger partial charge >= 0.3 is 0 Å². The Balaban J connectivity index is 1.91. The first kappa shape index (κ1) is 13.4. The Morgan fingerprint density at radius 2 is 2.15 bits per heavy atom. The average Bonchev–Trinajstić information content (AvgIpc) is 2.91. The number of nitrogens with two attached hydrogens (primary N) is 1. The summed E-state index contributed by atoms with van der Waals surface area (Å²) in [6.45, 7) is 0.590. The summed E-state index contributed by atoms with van der Waals surface area (Å²) in [4.78, 5) is 16.6. The molecule has 0 atom stereocenters. The van der Waals surface area contributed by atoms with Gasteiger partial charge in [0.15, 0.2) is 5.65 Å². The Kier molecular flexibility index (Phi) is 3.86. The summed E-state index contributed by atoms with van der Waals surface area (Å²) in [6, 6.07) is 5.95. The molecule has 0 bridgehead atoms. The number of hydrogen-bond donors (Lipinski definition) is 2. The van der Waals surface area contributed by atoms with Gasteiger partial charge in [0.2, 0.25) is 0 Å². The lowest BCUT2D eigenvalue weighted by atomic mass is 10.1. The summed E-state index contributed by atoms with van der Waals surface area (Å²) in [5.41, 5.74) is 8.11. The van der Waals surface area contributed by atoms with Crippen molar-refractivity contribution in [1.82, 2.24) is 19.9 Å². The van der Waals surface area contributed by atoms with Gasteiger partial charge in [0.25, 0.3) is 0 Å². The number of imidazole rings is 1. The molecule has 3 N–H and O–H groups in total. The van der Waals surface area contributed by atoms with E-state index in [2.05, 4.69) is 19.9 Å². The molecule has 5 nitrogen and oxygen atoms in total. The zero-order valence-corrected chi connectivity index (χ0v) is 12.1. The number of hydrogen-bond acceptors (Lipinski definition) is 5. The molecule has 2 aromatic heterocycles. The van der Waals surface area contributed by atoms with E-state index < -0.39 is 0 Å². The fourth-order valence-electron chi connectivity index (χ4n) is 1.88. The Hall–Kier alpha value is -1.63. The van der Waals surface area contributed by atoms with E-state index in [0.29, 0.717) is 12.2 Å². The van der Waals surface area contributed by atoms with E-state index in [1.165, 1.54) is 18.1 Å². The Bertz CT molecular complexity index is 742. The van der Waals surface area contributed by atoms with Crippen LogP contribution in [0.15, 0.2) is 40.8 Å². The molecule has 0 aliphatic heterocycles. The SMILES string of the molecule is NCCc1ccc(Sc2ncnc3nc[nH]c23)cc1Cl. The summed E-state index contributed by atoms with van der Waals surface area (Å²) in [5.74, 6) is 0. The largest absolute Gasteiger partial charge is 0.341 e. The molecule has 0 saturated heterocycles. The van der Waals surface area contributed by atoms with Gasteiger partial charge in [0.05, 0.1) is 6.33 Å². The first-order valence-electron chi connectivity index (χ1n) is 6.08. The number of nitrogens with one attached hydrogen (secondary N) is 1. The third-order valence-electron chi connectivity index (χ3n) is 2.84. The van der Waals surface area contributed by atoms with Gasteiger partial charge in [-0.3, -0.25) is 0 Å². The molecule has 0 aliphatic rings. The smallest absolute Gasteiger partial charge is 0.181 e. The molecule has 7 heteroatoms. The molecule has 0 aliphatic carbocycles. The summed E-state index contributed by atoms with van der Waals surface area (Å²) >= 11 is 7.77. The number of nitrogens with zero attached hydrogens (tertiary/aromatic N) is 3. The van der Waals surface area contributed by atoms with Gasteiger partial charge in [0.1, 0.15) is 16.9 Å². The van der Waals surface area contributed by atoms with Crippen LogP contribution in [0, 0.1) is 0 Å². The zero-order chi connectivity index (χ0) is 13.9. The maximum Gasteiger partial charge on any atom is 0.181 e. The van der Waals surface area contributed by atoms with Gasteiger partial charge in [-0.25, -0.2) is 15.0 Å². The molecule has 3 aromatic rings. The fraction of sp³-hybridized carbons (Fsp3) is 0.154. The van der Waals surface area contributed by atoms with Gasteiger partial charge in [0, 0.05) is 9.92 Å². The second-order valence-electron chi connectivity index (χ2n) is 4.17. The lowest BCUT2D eigenvalue weighted by molar-refractivity contribution is 0.966. The minimum absolute atomic E-state index is 0.590. The van der Waals surface area contributed by atoms with Crippen molar-refractivity contribution in [2.24, 2.45) is 5.73 Å². The van der Waals surface area contributed by atoms with Crippen molar-refractivity contribution in [3.8, 4) is 0 Å². The highest BCUT2D eigenvalue weighted by Crippen LogP contribution is 2.32. The topological polar surface area (TPSA) is 80.5 Å². The minimum Gasteiger partial charge on any atom is -0.341 e. The molecule has 0 spiro atoms. The highest BCUT2D eigenvalue weighted by Gasteiger charge is 2.09. The molecule has 1 aromatic carbocycles. The minimum atomic E-state index is 0.590.